The van der Waals surface area contributed by atoms with E-state index in [9.17, 15) is 43.2 Å². The molecular formula is C89H146O17P2. The van der Waals surface area contributed by atoms with Gasteiger partial charge in [-0.15, -0.1) is 0 Å². The molecule has 0 bridgehead atoms. The van der Waals surface area contributed by atoms with Crippen molar-refractivity contribution in [3.8, 4) is 0 Å². The van der Waals surface area contributed by atoms with E-state index in [4.69, 9.17) is 37.0 Å². The first-order valence-electron chi connectivity index (χ1n) is 41.4. The van der Waals surface area contributed by atoms with Gasteiger partial charge in [-0.25, -0.2) is 9.13 Å². The number of phosphoric acid groups is 2. The summed E-state index contributed by atoms with van der Waals surface area (Å²) < 4.78 is 68.6. The topological polar surface area (TPSA) is 237 Å². The molecule has 3 N–H and O–H groups in total. The first-order valence-corrected chi connectivity index (χ1v) is 44.4. The maximum absolute atomic E-state index is 13.1. The van der Waals surface area contributed by atoms with Gasteiger partial charge in [-0.05, 0) is 173 Å². The van der Waals surface area contributed by atoms with E-state index >= 15 is 0 Å². The van der Waals surface area contributed by atoms with E-state index in [1.165, 1.54) is 77.0 Å². The minimum atomic E-state index is -5.01. The van der Waals surface area contributed by atoms with Crippen LogP contribution in [0.1, 0.15) is 310 Å². The zero-order valence-electron chi connectivity index (χ0n) is 67.2. The Morgan fingerprint density at radius 2 is 0.491 bits per heavy atom. The van der Waals surface area contributed by atoms with E-state index in [0.717, 1.165) is 141 Å². The quantitative estimate of drug-likeness (QED) is 0.0169. The molecule has 0 aliphatic rings. The molecular weight excluding hydrogens is 1400 g/mol. The molecule has 0 saturated heterocycles. The second kappa shape index (κ2) is 79.5. The van der Waals surface area contributed by atoms with Crippen molar-refractivity contribution in [3.05, 3.63) is 170 Å². The summed E-state index contributed by atoms with van der Waals surface area (Å²) in [6, 6.07) is 0. The molecule has 614 valence electrons. The Bertz CT molecular complexity index is 2710. The molecule has 0 amide bonds. The molecule has 0 saturated carbocycles. The lowest BCUT2D eigenvalue weighted by molar-refractivity contribution is -0.161. The number of ether oxygens (including phenoxy) is 4. The van der Waals surface area contributed by atoms with Crippen molar-refractivity contribution in [2.75, 3.05) is 39.6 Å². The van der Waals surface area contributed by atoms with Gasteiger partial charge in [0.2, 0.25) is 0 Å². The van der Waals surface area contributed by atoms with Crippen molar-refractivity contribution in [2.45, 2.75) is 329 Å². The van der Waals surface area contributed by atoms with E-state index in [0.29, 0.717) is 38.5 Å². The van der Waals surface area contributed by atoms with Crippen LogP contribution in [0.15, 0.2) is 170 Å². The van der Waals surface area contributed by atoms with E-state index in [1.54, 1.807) is 0 Å². The largest absolute Gasteiger partial charge is 0.472 e. The fourth-order valence-electron chi connectivity index (χ4n) is 10.3. The van der Waals surface area contributed by atoms with Crippen molar-refractivity contribution in [2.24, 2.45) is 0 Å². The van der Waals surface area contributed by atoms with Crippen LogP contribution in [0.25, 0.3) is 0 Å². The predicted octanol–water partition coefficient (Wildman–Crippen LogP) is 24.6. The second-order valence-electron chi connectivity index (χ2n) is 27.0. The average Bonchev–Trinajstić information content (AvgIpc) is 0.903. The fourth-order valence-corrected chi connectivity index (χ4v) is 11.9. The van der Waals surface area contributed by atoms with Crippen LogP contribution in [-0.2, 0) is 65.4 Å². The minimum absolute atomic E-state index is 0.0106. The van der Waals surface area contributed by atoms with Gasteiger partial charge in [0, 0.05) is 25.7 Å². The van der Waals surface area contributed by atoms with Crippen LogP contribution in [0.3, 0.4) is 0 Å². The van der Waals surface area contributed by atoms with Gasteiger partial charge in [-0.3, -0.25) is 37.3 Å². The molecule has 5 atom stereocenters. The zero-order valence-corrected chi connectivity index (χ0v) is 69.0. The molecule has 17 nitrogen and oxygen atoms in total. The normalized spacial score (nSPS) is 14.7. The standard InChI is InChI=1S/C89H146O17P2/c1-5-9-13-17-21-25-29-33-37-40-41-44-48-52-56-60-64-68-72-76-89(94)106-85(80-100-87(92)74-70-66-62-58-54-50-46-42-38-34-30-26-22-18-14-10-6-2)82-104-108(97,98)102-78-83(90)77-101-107(95,96)103-81-84(79-99-86(91)73-69-65-61-57-53-49-45-36-32-28-24-20-16-12-8-4)105-88(93)75-71-67-63-59-55-51-47-43-39-35-31-27-23-19-15-11-7-3/h9,13,21-23,25-27,33-39,41,44-47,50-52,56,58-59,62-63,83-85,90H,5-8,10-12,14-20,24,28-32,40,42-43,48-49,53-55,57,60-61,64-82H2,1-4H3,(H,95,96)(H,97,98)/b13-9-,25-21-,26-22-,27-23-,37-33-,38-34-,39-35-,44-41-,45-36-,50-46-,51-47-,56-52-,62-58-,63-59-/t83-,84+,85+/m0/s1. The van der Waals surface area contributed by atoms with Crippen LogP contribution in [0.4, 0.5) is 0 Å². The van der Waals surface area contributed by atoms with Gasteiger partial charge in [0.05, 0.1) is 26.4 Å². The van der Waals surface area contributed by atoms with Gasteiger partial charge in [-0.1, -0.05) is 281 Å². The number of hydrogen-bond acceptors (Lipinski definition) is 15. The highest BCUT2D eigenvalue weighted by molar-refractivity contribution is 7.47. The predicted molar refractivity (Wildman–Crippen MR) is 445 cm³/mol. The van der Waals surface area contributed by atoms with E-state index in [-0.39, 0.29) is 25.7 Å². The van der Waals surface area contributed by atoms with E-state index < -0.39 is 97.5 Å². The SMILES string of the molecule is CC/C=C\C/C=C\C/C=C\C/C=C\C/C=C\CCCCCC(=O)O[C@H](COC(=O)CCC/C=C\C/C=C\C/C=C\C/C=C\CCCCC)COP(=O)(O)OC[C@@H](O)COP(=O)(O)OC[C@@H](COC(=O)CCCCCCC/C=C\CCCCCCCC)OC(=O)CCC/C=C\C/C=C\C/C=C\C/C=C\CCCCC. The van der Waals surface area contributed by atoms with Crippen LogP contribution in [0, 0.1) is 0 Å². The molecule has 0 aliphatic heterocycles. The van der Waals surface area contributed by atoms with Gasteiger partial charge in [0.15, 0.2) is 12.2 Å². The van der Waals surface area contributed by atoms with Gasteiger partial charge in [-0.2, -0.15) is 0 Å². The number of hydrogen-bond donors (Lipinski definition) is 3. The summed E-state index contributed by atoms with van der Waals surface area (Å²) in [5, 5.41) is 10.7. The third kappa shape index (κ3) is 78.5. The van der Waals surface area contributed by atoms with Crippen LogP contribution < -0.4 is 0 Å². The molecule has 0 rings (SSSR count). The fraction of sp³-hybridized carbons (Fsp3) is 0.640. The van der Waals surface area contributed by atoms with Crippen molar-refractivity contribution in [1.82, 2.24) is 0 Å². The Labute approximate surface area is 654 Å². The lowest BCUT2D eigenvalue weighted by Gasteiger charge is -2.21. The van der Waals surface area contributed by atoms with Crippen LogP contribution >= 0.6 is 15.6 Å². The first-order chi connectivity index (χ1) is 52.7. The Morgan fingerprint density at radius 3 is 0.824 bits per heavy atom. The van der Waals surface area contributed by atoms with Gasteiger partial charge in [0.1, 0.15) is 19.3 Å². The lowest BCUT2D eigenvalue weighted by Crippen LogP contribution is -2.30. The third-order valence-electron chi connectivity index (χ3n) is 16.6. The number of rotatable bonds is 76. The van der Waals surface area contributed by atoms with Crippen molar-refractivity contribution in [3.63, 3.8) is 0 Å². The maximum atomic E-state index is 13.1. The van der Waals surface area contributed by atoms with Crippen molar-refractivity contribution in [1.29, 1.82) is 0 Å². The molecule has 0 spiro atoms. The third-order valence-corrected chi connectivity index (χ3v) is 18.5. The van der Waals surface area contributed by atoms with Crippen molar-refractivity contribution >= 4 is 39.5 Å². The smallest absolute Gasteiger partial charge is 0.462 e. The minimum Gasteiger partial charge on any atom is -0.462 e. The summed E-state index contributed by atoms with van der Waals surface area (Å²) in [6.07, 6.45) is 94.8. The van der Waals surface area contributed by atoms with Gasteiger partial charge in [0.25, 0.3) is 0 Å². The number of allylic oxidation sites excluding steroid dienone is 28. The Hall–Kier alpha value is -5.58. The zero-order chi connectivity index (χ0) is 78.9. The number of carbonyl (C=O) groups excluding carboxylic acids is 4. The molecule has 2 unspecified atom stereocenters. The molecule has 0 aliphatic carbocycles. The molecule has 0 fully saturated rings. The van der Waals surface area contributed by atoms with Gasteiger partial charge >= 0.3 is 39.5 Å². The molecule has 19 heteroatoms. The van der Waals surface area contributed by atoms with E-state index in [2.05, 4.69) is 174 Å². The summed E-state index contributed by atoms with van der Waals surface area (Å²) in [7, 11) is -10.0. The second-order valence-corrected chi connectivity index (χ2v) is 29.9. The number of aliphatic hydroxyl groups excluding tert-OH is 1. The first kappa shape index (κ1) is 102. The number of aliphatic hydroxyl groups is 1. The summed E-state index contributed by atoms with van der Waals surface area (Å²) in [5.74, 6) is -2.36. The summed E-state index contributed by atoms with van der Waals surface area (Å²) >= 11 is 0. The highest BCUT2D eigenvalue weighted by atomic mass is 31.2. The molecule has 0 radical (unpaired) electrons. The monoisotopic (exact) mass is 1550 g/mol. The van der Waals surface area contributed by atoms with Crippen LogP contribution in [-0.4, -0.2) is 96.7 Å². The maximum Gasteiger partial charge on any atom is 0.472 e. The Kier molecular flexibility index (Phi) is 75.4. The summed E-state index contributed by atoms with van der Waals surface area (Å²) in [5.41, 5.74) is 0. The highest BCUT2D eigenvalue weighted by Crippen LogP contribution is 2.45. The number of unbranched alkanes of at least 4 members (excludes halogenated alkanes) is 22. The number of esters is 4. The molecule has 0 aromatic heterocycles. The summed E-state index contributed by atoms with van der Waals surface area (Å²) in [4.78, 5) is 73.1. The summed E-state index contributed by atoms with van der Waals surface area (Å²) in [6.45, 7) is 4.52. The van der Waals surface area contributed by atoms with Gasteiger partial charge < -0.3 is 33.8 Å². The van der Waals surface area contributed by atoms with E-state index in [1.807, 2.05) is 24.3 Å². The molecule has 0 aromatic rings. The highest BCUT2D eigenvalue weighted by Gasteiger charge is 2.30. The molecule has 0 aromatic carbocycles. The number of carbonyl (C=O) groups is 4. The average molecular weight is 1550 g/mol. The number of phosphoric ester groups is 2. The van der Waals surface area contributed by atoms with Crippen LogP contribution in [0.5, 0.6) is 0 Å². The Morgan fingerprint density at radius 1 is 0.269 bits per heavy atom. The Balaban J connectivity index is 5.53. The van der Waals surface area contributed by atoms with Crippen LogP contribution in [0.2, 0.25) is 0 Å². The van der Waals surface area contributed by atoms with Crippen molar-refractivity contribution < 1.29 is 80.2 Å². The molecule has 108 heavy (non-hydrogen) atoms. The lowest BCUT2D eigenvalue weighted by atomic mass is 10.1. The molecule has 0 heterocycles.